The predicted molar refractivity (Wildman–Crippen MR) is 81.1 cm³/mol. The van der Waals surface area contributed by atoms with Gasteiger partial charge in [-0.3, -0.25) is 4.79 Å². The minimum absolute atomic E-state index is 0.0784. The molecule has 0 bridgehead atoms. The molecule has 21 heavy (non-hydrogen) atoms. The van der Waals surface area contributed by atoms with E-state index >= 15 is 0 Å². The summed E-state index contributed by atoms with van der Waals surface area (Å²) in [6, 6.07) is 2.79. The van der Waals surface area contributed by atoms with Crippen molar-refractivity contribution in [3.63, 3.8) is 0 Å². The molecule has 1 amide bonds. The van der Waals surface area contributed by atoms with Crippen LogP contribution in [0.25, 0.3) is 0 Å². The Bertz CT molecular complexity index is 532. The number of benzene rings is 1. The van der Waals surface area contributed by atoms with E-state index in [4.69, 9.17) is 14.6 Å². The number of carboxylic acids is 1. The first kappa shape index (κ1) is 17.3. The smallest absolute Gasteiger partial charge is 0.335 e. The fraction of sp³-hybridized carbons (Fsp3) is 0.429. The first-order valence-electron chi connectivity index (χ1n) is 6.47. The maximum atomic E-state index is 11.8. The van der Waals surface area contributed by atoms with Crippen molar-refractivity contribution in [3.05, 3.63) is 22.2 Å². The number of nitrogens with zero attached hydrogens (tertiary/aromatic N) is 1. The third kappa shape index (κ3) is 4.63. The molecule has 1 aromatic rings. The monoisotopic (exact) mass is 359 g/mol. The third-order valence-electron chi connectivity index (χ3n) is 2.80. The Balaban J connectivity index is 2.99. The van der Waals surface area contributed by atoms with Crippen molar-refractivity contribution in [3.8, 4) is 11.5 Å². The molecule has 1 N–H and O–H groups in total. The van der Waals surface area contributed by atoms with Crippen molar-refractivity contribution in [2.24, 2.45) is 0 Å². The fourth-order valence-electron chi connectivity index (χ4n) is 1.51. The van der Waals surface area contributed by atoms with Crippen LogP contribution in [0.2, 0.25) is 0 Å². The van der Waals surface area contributed by atoms with Crippen molar-refractivity contribution in [1.29, 1.82) is 0 Å². The fourth-order valence-corrected chi connectivity index (χ4v) is 2.07. The van der Waals surface area contributed by atoms with E-state index in [0.29, 0.717) is 23.4 Å². The Hall–Kier alpha value is -1.76. The number of hydrogen-bond acceptors (Lipinski definition) is 4. The summed E-state index contributed by atoms with van der Waals surface area (Å²) in [6.07, 6.45) is 0. The van der Waals surface area contributed by atoms with E-state index in [1.165, 1.54) is 17.0 Å². The molecule has 0 aliphatic heterocycles. The molecule has 0 unspecified atom stereocenters. The number of likely N-dealkylation sites (N-methyl/N-ethyl adjacent to an activating group) is 1. The molecule has 0 radical (unpaired) electrons. The molecule has 116 valence electrons. The van der Waals surface area contributed by atoms with Gasteiger partial charge in [-0.05, 0) is 41.9 Å². The van der Waals surface area contributed by atoms with E-state index in [1.54, 1.807) is 14.0 Å². The molecule has 0 atom stereocenters. The highest BCUT2D eigenvalue weighted by Crippen LogP contribution is 2.37. The third-order valence-corrected chi connectivity index (χ3v) is 3.39. The van der Waals surface area contributed by atoms with Gasteiger partial charge in [0, 0.05) is 13.6 Å². The van der Waals surface area contributed by atoms with E-state index in [9.17, 15) is 9.59 Å². The summed E-state index contributed by atoms with van der Waals surface area (Å²) < 4.78 is 11.3. The molecule has 6 nitrogen and oxygen atoms in total. The van der Waals surface area contributed by atoms with Crippen LogP contribution in [0.5, 0.6) is 11.5 Å². The quantitative estimate of drug-likeness (QED) is 0.808. The summed E-state index contributed by atoms with van der Waals surface area (Å²) in [5.74, 6) is -0.630. The number of carboxylic acid groups (broad SMARTS) is 1. The Morgan fingerprint density at radius 1 is 1.29 bits per heavy atom. The van der Waals surface area contributed by atoms with Gasteiger partial charge in [0.2, 0.25) is 0 Å². The zero-order chi connectivity index (χ0) is 16.0. The molecular weight excluding hydrogens is 342 g/mol. The van der Waals surface area contributed by atoms with E-state index in [1.807, 2.05) is 6.92 Å². The number of hydrogen-bond donors (Lipinski definition) is 1. The van der Waals surface area contributed by atoms with Crippen LogP contribution in [0.1, 0.15) is 24.2 Å². The van der Waals surface area contributed by atoms with Crippen LogP contribution < -0.4 is 9.47 Å². The van der Waals surface area contributed by atoms with Gasteiger partial charge in [0.05, 0.1) is 16.6 Å². The SMILES string of the molecule is CCOc1cc(C(=O)O)cc(Br)c1OCC(=O)N(C)CC. The topological polar surface area (TPSA) is 76.1 Å². The molecule has 0 aromatic heterocycles. The lowest BCUT2D eigenvalue weighted by molar-refractivity contribution is -0.131. The molecule has 0 aliphatic rings. The number of aromatic carboxylic acids is 1. The lowest BCUT2D eigenvalue weighted by Crippen LogP contribution is -2.31. The van der Waals surface area contributed by atoms with E-state index in [2.05, 4.69) is 15.9 Å². The highest BCUT2D eigenvalue weighted by atomic mass is 79.9. The Morgan fingerprint density at radius 3 is 2.48 bits per heavy atom. The summed E-state index contributed by atoms with van der Waals surface area (Å²) in [4.78, 5) is 24.3. The minimum Gasteiger partial charge on any atom is -0.490 e. The molecule has 0 saturated heterocycles. The molecule has 7 heteroatoms. The number of halogens is 1. The van der Waals surface area contributed by atoms with Gasteiger partial charge in [-0.1, -0.05) is 0 Å². The average Bonchev–Trinajstić information content (AvgIpc) is 2.45. The molecule has 0 saturated carbocycles. The van der Waals surface area contributed by atoms with E-state index < -0.39 is 5.97 Å². The van der Waals surface area contributed by atoms with Crippen molar-refractivity contribution >= 4 is 27.8 Å². The van der Waals surface area contributed by atoms with E-state index in [0.717, 1.165) is 0 Å². The lowest BCUT2D eigenvalue weighted by Gasteiger charge is -2.17. The molecule has 0 fully saturated rings. The van der Waals surface area contributed by atoms with Gasteiger partial charge in [0.1, 0.15) is 0 Å². The van der Waals surface area contributed by atoms with Gasteiger partial charge in [0.25, 0.3) is 5.91 Å². The normalized spacial score (nSPS) is 10.1. The first-order chi connectivity index (χ1) is 9.90. The van der Waals surface area contributed by atoms with Crippen molar-refractivity contribution in [1.82, 2.24) is 4.90 Å². The molecule has 1 aromatic carbocycles. The second-order valence-electron chi connectivity index (χ2n) is 4.22. The van der Waals surface area contributed by atoms with Crippen LogP contribution in [0.15, 0.2) is 16.6 Å². The van der Waals surface area contributed by atoms with Crippen LogP contribution in [-0.4, -0.2) is 48.7 Å². The van der Waals surface area contributed by atoms with Gasteiger partial charge < -0.3 is 19.5 Å². The van der Waals surface area contributed by atoms with Gasteiger partial charge in [-0.25, -0.2) is 4.79 Å². The molecule has 0 spiro atoms. The van der Waals surface area contributed by atoms with Gasteiger partial charge in [-0.2, -0.15) is 0 Å². The van der Waals surface area contributed by atoms with Crippen LogP contribution >= 0.6 is 15.9 Å². The summed E-state index contributed by atoms with van der Waals surface area (Å²) in [5.41, 5.74) is 0.0784. The largest absolute Gasteiger partial charge is 0.490 e. The first-order valence-corrected chi connectivity index (χ1v) is 7.26. The maximum Gasteiger partial charge on any atom is 0.335 e. The summed E-state index contributed by atoms with van der Waals surface area (Å²) in [7, 11) is 1.68. The number of carbonyl (C=O) groups is 2. The van der Waals surface area contributed by atoms with Gasteiger partial charge in [-0.15, -0.1) is 0 Å². The lowest BCUT2D eigenvalue weighted by atomic mass is 10.2. The summed E-state index contributed by atoms with van der Waals surface area (Å²) in [6.45, 7) is 4.44. The predicted octanol–water partition coefficient (Wildman–Crippen LogP) is 2.40. The Labute approximate surface area is 131 Å². The highest BCUT2D eigenvalue weighted by molar-refractivity contribution is 9.10. The molecule has 0 aliphatic carbocycles. The number of amides is 1. The summed E-state index contributed by atoms with van der Waals surface area (Å²) in [5, 5.41) is 9.04. The zero-order valence-electron chi connectivity index (χ0n) is 12.2. The van der Waals surface area contributed by atoms with Crippen LogP contribution in [0, 0.1) is 0 Å². The molecular formula is C14H18BrNO5. The van der Waals surface area contributed by atoms with Crippen LogP contribution in [0.4, 0.5) is 0 Å². The number of ether oxygens (including phenoxy) is 2. The second-order valence-corrected chi connectivity index (χ2v) is 5.07. The molecule has 1 rings (SSSR count). The number of rotatable bonds is 7. The minimum atomic E-state index is -1.06. The Morgan fingerprint density at radius 2 is 1.95 bits per heavy atom. The standard InChI is InChI=1S/C14H18BrNO5/c1-4-16(3)12(17)8-21-13-10(15)6-9(14(18)19)7-11(13)20-5-2/h6-7H,4-5,8H2,1-3H3,(H,18,19). The molecule has 0 heterocycles. The number of carbonyl (C=O) groups excluding carboxylic acids is 1. The Kier molecular flexibility index (Phi) is 6.48. The van der Waals surface area contributed by atoms with Crippen molar-refractivity contribution in [2.75, 3.05) is 26.8 Å². The van der Waals surface area contributed by atoms with Crippen LogP contribution in [0.3, 0.4) is 0 Å². The highest BCUT2D eigenvalue weighted by Gasteiger charge is 2.17. The van der Waals surface area contributed by atoms with Crippen molar-refractivity contribution in [2.45, 2.75) is 13.8 Å². The zero-order valence-corrected chi connectivity index (χ0v) is 13.8. The second kappa shape index (κ2) is 7.87. The van der Waals surface area contributed by atoms with Gasteiger partial charge >= 0.3 is 5.97 Å². The van der Waals surface area contributed by atoms with Gasteiger partial charge in [0.15, 0.2) is 18.1 Å². The van der Waals surface area contributed by atoms with Crippen molar-refractivity contribution < 1.29 is 24.2 Å². The van der Waals surface area contributed by atoms with E-state index in [-0.39, 0.29) is 23.8 Å². The average molecular weight is 360 g/mol. The van der Waals surface area contributed by atoms with Crippen LogP contribution in [-0.2, 0) is 4.79 Å². The maximum absolute atomic E-state index is 11.8. The summed E-state index contributed by atoms with van der Waals surface area (Å²) >= 11 is 3.25.